The van der Waals surface area contributed by atoms with Crippen LogP contribution in [0, 0.1) is 0 Å². The molecule has 0 heterocycles. The molecule has 2 atom stereocenters. The zero-order valence-electron chi connectivity index (χ0n) is 9.41. The van der Waals surface area contributed by atoms with E-state index in [1.165, 1.54) is 0 Å². The number of ether oxygens (including phenoxy) is 1. The Hall–Kier alpha value is -0.610. The van der Waals surface area contributed by atoms with Gasteiger partial charge in [0.05, 0.1) is 12.7 Å². The molecule has 0 aromatic rings. The number of rotatable bonds is 7. The van der Waals surface area contributed by atoms with Crippen LogP contribution in [0.2, 0.25) is 0 Å². The lowest BCUT2D eigenvalue weighted by atomic mass is 10.2. The molecule has 0 radical (unpaired) electrons. The second kappa shape index (κ2) is 6.79. The van der Waals surface area contributed by atoms with Gasteiger partial charge in [-0.2, -0.15) is 0 Å². The third-order valence-electron chi connectivity index (χ3n) is 1.95. The Labute approximate surface area is 85.6 Å². The SMILES string of the molecule is CCC(C)OCC(NC(C)C)C(=O)O. The Morgan fingerprint density at radius 3 is 2.36 bits per heavy atom. The minimum atomic E-state index is -0.859. The van der Waals surface area contributed by atoms with Crippen LogP contribution in [0.3, 0.4) is 0 Å². The van der Waals surface area contributed by atoms with Crippen molar-refractivity contribution in [2.75, 3.05) is 6.61 Å². The molecule has 0 saturated heterocycles. The van der Waals surface area contributed by atoms with Crippen molar-refractivity contribution in [3.8, 4) is 0 Å². The summed E-state index contributed by atoms with van der Waals surface area (Å²) in [6, 6.07) is -0.458. The quantitative estimate of drug-likeness (QED) is 0.654. The average Bonchev–Trinajstić information content (AvgIpc) is 2.10. The van der Waals surface area contributed by atoms with Crippen molar-refractivity contribution in [3.05, 3.63) is 0 Å². The molecule has 4 nitrogen and oxygen atoms in total. The zero-order valence-corrected chi connectivity index (χ0v) is 9.41. The molecule has 0 aliphatic rings. The van der Waals surface area contributed by atoms with Gasteiger partial charge in [-0.05, 0) is 13.3 Å². The number of carboxylic acid groups (broad SMARTS) is 1. The topological polar surface area (TPSA) is 58.6 Å². The lowest BCUT2D eigenvalue weighted by Crippen LogP contribution is -2.44. The first-order valence-electron chi connectivity index (χ1n) is 5.07. The van der Waals surface area contributed by atoms with Gasteiger partial charge in [-0.3, -0.25) is 4.79 Å². The molecule has 0 aromatic heterocycles. The van der Waals surface area contributed by atoms with E-state index in [4.69, 9.17) is 9.84 Å². The highest BCUT2D eigenvalue weighted by molar-refractivity contribution is 5.73. The molecule has 0 rings (SSSR count). The van der Waals surface area contributed by atoms with E-state index in [-0.39, 0.29) is 18.8 Å². The molecule has 4 heteroatoms. The van der Waals surface area contributed by atoms with Gasteiger partial charge in [0.2, 0.25) is 0 Å². The molecular formula is C10H21NO3. The van der Waals surface area contributed by atoms with Crippen molar-refractivity contribution in [3.63, 3.8) is 0 Å². The summed E-state index contributed by atoms with van der Waals surface area (Å²) in [4.78, 5) is 10.8. The molecule has 0 aliphatic carbocycles. The number of hydrogen-bond acceptors (Lipinski definition) is 3. The summed E-state index contributed by atoms with van der Waals surface area (Å²) in [5.41, 5.74) is 0. The Kier molecular flexibility index (Phi) is 6.49. The van der Waals surface area contributed by atoms with E-state index >= 15 is 0 Å². The summed E-state index contributed by atoms with van der Waals surface area (Å²) in [5, 5.41) is 11.8. The van der Waals surface area contributed by atoms with Crippen LogP contribution < -0.4 is 5.32 Å². The molecule has 0 saturated carbocycles. The fraction of sp³-hybridized carbons (Fsp3) is 0.900. The lowest BCUT2D eigenvalue weighted by molar-refractivity contribution is -0.141. The van der Waals surface area contributed by atoms with Crippen LogP contribution >= 0.6 is 0 Å². The highest BCUT2D eigenvalue weighted by Gasteiger charge is 2.18. The highest BCUT2D eigenvalue weighted by atomic mass is 16.5. The van der Waals surface area contributed by atoms with Crippen LogP contribution in [0.1, 0.15) is 34.1 Å². The van der Waals surface area contributed by atoms with Crippen molar-refractivity contribution in [1.29, 1.82) is 0 Å². The van der Waals surface area contributed by atoms with Gasteiger partial charge in [-0.25, -0.2) is 0 Å². The standard InChI is InChI=1S/C10H21NO3/c1-5-8(4)14-6-9(10(12)13)11-7(2)3/h7-9,11H,5-6H2,1-4H3,(H,12,13). The molecule has 84 valence electrons. The van der Waals surface area contributed by atoms with E-state index in [2.05, 4.69) is 5.32 Å². The molecule has 2 N–H and O–H groups in total. The van der Waals surface area contributed by atoms with Crippen LogP contribution in [0.4, 0.5) is 0 Å². The number of nitrogens with one attached hydrogen (secondary N) is 1. The van der Waals surface area contributed by atoms with Gasteiger partial charge >= 0.3 is 5.97 Å². The van der Waals surface area contributed by atoms with Crippen molar-refractivity contribution in [1.82, 2.24) is 5.32 Å². The summed E-state index contributed by atoms with van der Waals surface area (Å²) < 4.78 is 5.37. The fourth-order valence-corrected chi connectivity index (χ4v) is 0.971. The molecule has 0 bridgehead atoms. The molecule has 0 fully saturated rings. The zero-order chi connectivity index (χ0) is 11.1. The maximum Gasteiger partial charge on any atom is 0.323 e. The third-order valence-corrected chi connectivity index (χ3v) is 1.95. The average molecular weight is 203 g/mol. The number of aliphatic carboxylic acids is 1. The molecule has 0 amide bonds. The van der Waals surface area contributed by atoms with Crippen LogP contribution in [0.25, 0.3) is 0 Å². The summed E-state index contributed by atoms with van der Waals surface area (Å²) in [7, 11) is 0. The van der Waals surface area contributed by atoms with Crippen LogP contribution in [-0.4, -0.2) is 35.9 Å². The first kappa shape index (κ1) is 13.4. The molecule has 2 unspecified atom stereocenters. The van der Waals surface area contributed by atoms with E-state index < -0.39 is 12.0 Å². The number of carbonyl (C=O) groups is 1. The summed E-state index contributed by atoms with van der Waals surface area (Å²) >= 11 is 0. The predicted molar refractivity (Wildman–Crippen MR) is 55.4 cm³/mol. The van der Waals surface area contributed by atoms with E-state index in [1.54, 1.807) is 0 Å². The van der Waals surface area contributed by atoms with E-state index in [0.717, 1.165) is 6.42 Å². The molecule has 14 heavy (non-hydrogen) atoms. The Balaban J connectivity index is 3.91. The monoisotopic (exact) mass is 203 g/mol. The van der Waals surface area contributed by atoms with Gasteiger partial charge in [0, 0.05) is 6.04 Å². The minimum Gasteiger partial charge on any atom is -0.480 e. The van der Waals surface area contributed by atoms with E-state index in [9.17, 15) is 4.79 Å². The number of hydrogen-bond donors (Lipinski definition) is 2. The van der Waals surface area contributed by atoms with Crippen LogP contribution in [0.15, 0.2) is 0 Å². The van der Waals surface area contributed by atoms with Gasteiger partial charge in [0.15, 0.2) is 0 Å². The first-order valence-corrected chi connectivity index (χ1v) is 5.07. The summed E-state index contributed by atoms with van der Waals surface area (Å²) in [6.45, 7) is 8.01. The van der Waals surface area contributed by atoms with Gasteiger partial charge in [0.25, 0.3) is 0 Å². The normalized spacial score (nSPS) is 15.5. The fourth-order valence-electron chi connectivity index (χ4n) is 0.971. The van der Waals surface area contributed by atoms with Gasteiger partial charge in [-0.1, -0.05) is 20.8 Å². The van der Waals surface area contributed by atoms with Crippen molar-refractivity contribution < 1.29 is 14.6 Å². The van der Waals surface area contributed by atoms with Crippen LogP contribution in [0.5, 0.6) is 0 Å². The van der Waals surface area contributed by atoms with Gasteiger partial charge < -0.3 is 15.2 Å². The van der Waals surface area contributed by atoms with E-state index in [0.29, 0.717) is 0 Å². The smallest absolute Gasteiger partial charge is 0.323 e. The third kappa shape index (κ3) is 5.94. The predicted octanol–water partition coefficient (Wildman–Crippen LogP) is 1.25. The first-order chi connectivity index (χ1) is 6.47. The Bertz CT molecular complexity index is 171. The van der Waals surface area contributed by atoms with E-state index in [1.807, 2.05) is 27.7 Å². The minimum absolute atomic E-state index is 0.116. The summed E-state index contributed by atoms with van der Waals surface area (Å²) in [5.74, 6) is -0.859. The molecule has 0 aliphatic heterocycles. The van der Waals surface area contributed by atoms with Crippen molar-refractivity contribution in [2.45, 2.75) is 52.3 Å². The molecule has 0 spiro atoms. The van der Waals surface area contributed by atoms with Crippen LogP contribution in [-0.2, 0) is 9.53 Å². The second-order valence-corrected chi connectivity index (χ2v) is 3.76. The maximum absolute atomic E-state index is 10.8. The second-order valence-electron chi connectivity index (χ2n) is 3.76. The largest absolute Gasteiger partial charge is 0.480 e. The maximum atomic E-state index is 10.8. The van der Waals surface area contributed by atoms with Gasteiger partial charge in [-0.15, -0.1) is 0 Å². The van der Waals surface area contributed by atoms with Gasteiger partial charge in [0.1, 0.15) is 6.04 Å². The van der Waals surface area contributed by atoms with Crippen molar-refractivity contribution in [2.24, 2.45) is 0 Å². The summed E-state index contributed by atoms with van der Waals surface area (Å²) in [6.07, 6.45) is 1.01. The van der Waals surface area contributed by atoms with Crippen molar-refractivity contribution >= 4 is 5.97 Å². The lowest BCUT2D eigenvalue weighted by Gasteiger charge is -2.19. The molecule has 0 aromatic carbocycles. The Morgan fingerprint density at radius 1 is 1.43 bits per heavy atom. The Morgan fingerprint density at radius 2 is 2.00 bits per heavy atom. The molecular weight excluding hydrogens is 182 g/mol. The highest BCUT2D eigenvalue weighted by Crippen LogP contribution is 1.98. The number of carboxylic acids is 1.